The van der Waals surface area contributed by atoms with Gasteiger partial charge in [-0.05, 0) is 37.0 Å². The number of fused-ring (bicyclic) bond motifs is 3. The second-order valence-corrected chi connectivity index (χ2v) is 9.00. The van der Waals surface area contributed by atoms with Gasteiger partial charge in [-0.3, -0.25) is 14.4 Å². The third-order valence-corrected chi connectivity index (χ3v) is 6.93. The SMILES string of the molecule is CSCCC(CO)NC(=O)C(C)NC(=O)C1CSC2c3ccccc3C(=O)N12. The zero-order valence-electron chi connectivity index (χ0n) is 15.9. The van der Waals surface area contributed by atoms with Crippen LogP contribution in [0.4, 0.5) is 0 Å². The number of rotatable bonds is 8. The lowest BCUT2D eigenvalue weighted by molar-refractivity contribution is -0.131. The highest BCUT2D eigenvalue weighted by molar-refractivity contribution is 7.99. The number of benzene rings is 1. The van der Waals surface area contributed by atoms with Gasteiger partial charge in [-0.2, -0.15) is 11.8 Å². The van der Waals surface area contributed by atoms with E-state index in [1.807, 2.05) is 24.5 Å². The van der Waals surface area contributed by atoms with E-state index < -0.39 is 12.1 Å². The molecule has 1 aromatic rings. The molecular formula is C19H25N3O4S2. The van der Waals surface area contributed by atoms with E-state index in [1.54, 1.807) is 41.4 Å². The van der Waals surface area contributed by atoms with Crippen molar-refractivity contribution in [1.29, 1.82) is 0 Å². The molecule has 3 rings (SSSR count). The summed E-state index contributed by atoms with van der Waals surface area (Å²) in [5.74, 6) is 0.512. The lowest BCUT2D eigenvalue weighted by Crippen LogP contribution is -2.54. The summed E-state index contributed by atoms with van der Waals surface area (Å²) in [4.78, 5) is 39.5. The van der Waals surface area contributed by atoms with E-state index in [9.17, 15) is 19.5 Å². The largest absolute Gasteiger partial charge is 0.394 e. The molecule has 28 heavy (non-hydrogen) atoms. The van der Waals surface area contributed by atoms with Crippen LogP contribution in [0.1, 0.15) is 34.6 Å². The molecule has 1 saturated heterocycles. The number of carbonyl (C=O) groups is 3. The second kappa shape index (κ2) is 9.19. The van der Waals surface area contributed by atoms with Gasteiger partial charge in [-0.25, -0.2) is 0 Å². The predicted molar refractivity (Wildman–Crippen MR) is 111 cm³/mol. The maximum absolute atomic E-state index is 12.8. The first-order chi connectivity index (χ1) is 13.5. The van der Waals surface area contributed by atoms with Crippen molar-refractivity contribution >= 4 is 41.2 Å². The van der Waals surface area contributed by atoms with Gasteiger partial charge >= 0.3 is 0 Å². The smallest absolute Gasteiger partial charge is 0.256 e. The molecule has 1 aromatic carbocycles. The molecule has 2 heterocycles. The van der Waals surface area contributed by atoms with E-state index in [-0.39, 0.29) is 35.7 Å². The van der Waals surface area contributed by atoms with Crippen molar-refractivity contribution in [2.75, 3.05) is 24.4 Å². The minimum Gasteiger partial charge on any atom is -0.394 e. The van der Waals surface area contributed by atoms with Crippen LogP contribution in [0.5, 0.6) is 0 Å². The van der Waals surface area contributed by atoms with Crippen LogP contribution in [0, 0.1) is 0 Å². The van der Waals surface area contributed by atoms with Crippen LogP contribution >= 0.6 is 23.5 Å². The molecule has 0 saturated carbocycles. The Morgan fingerprint density at radius 2 is 2.11 bits per heavy atom. The van der Waals surface area contributed by atoms with Gasteiger partial charge in [-0.15, -0.1) is 11.8 Å². The van der Waals surface area contributed by atoms with Crippen molar-refractivity contribution in [1.82, 2.24) is 15.5 Å². The van der Waals surface area contributed by atoms with E-state index in [1.165, 1.54) is 0 Å². The third kappa shape index (κ3) is 4.16. The summed E-state index contributed by atoms with van der Waals surface area (Å²) in [7, 11) is 0. The zero-order valence-corrected chi connectivity index (χ0v) is 17.5. The van der Waals surface area contributed by atoms with E-state index in [0.29, 0.717) is 17.7 Å². The van der Waals surface area contributed by atoms with Gasteiger partial charge in [0.2, 0.25) is 11.8 Å². The third-order valence-electron chi connectivity index (χ3n) is 4.98. The molecule has 0 spiro atoms. The lowest BCUT2D eigenvalue weighted by atomic mass is 10.1. The molecule has 2 aliphatic rings. The highest BCUT2D eigenvalue weighted by Crippen LogP contribution is 2.48. The quantitative estimate of drug-likeness (QED) is 0.577. The number of hydrogen-bond acceptors (Lipinski definition) is 6. The number of thioether (sulfide) groups is 2. The van der Waals surface area contributed by atoms with Crippen LogP contribution in [0.25, 0.3) is 0 Å². The molecule has 3 amide bonds. The van der Waals surface area contributed by atoms with Crippen LogP contribution in [0.15, 0.2) is 24.3 Å². The molecule has 3 N–H and O–H groups in total. The average molecular weight is 424 g/mol. The summed E-state index contributed by atoms with van der Waals surface area (Å²) >= 11 is 3.20. The number of hydrogen-bond donors (Lipinski definition) is 3. The molecule has 0 bridgehead atoms. The summed E-state index contributed by atoms with van der Waals surface area (Å²) in [6, 6.07) is 5.73. The molecule has 0 aliphatic carbocycles. The molecule has 2 aliphatic heterocycles. The Balaban J connectivity index is 1.59. The first-order valence-electron chi connectivity index (χ1n) is 9.21. The topological polar surface area (TPSA) is 98.7 Å². The maximum Gasteiger partial charge on any atom is 0.256 e. The average Bonchev–Trinajstić information content (AvgIpc) is 3.25. The fourth-order valence-corrected chi connectivity index (χ4v) is 5.40. The molecule has 4 unspecified atom stereocenters. The molecule has 9 heteroatoms. The fourth-order valence-electron chi connectivity index (χ4n) is 3.41. The van der Waals surface area contributed by atoms with E-state index in [4.69, 9.17) is 0 Å². The van der Waals surface area contributed by atoms with Gasteiger partial charge in [0, 0.05) is 11.3 Å². The fraction of sp³-hybridized carbons (Fsp3) is 0.526. The van der Waals surface area contributed by atoms with Gasteiger partial charge in [0.25, 0.3) is 5.91 Å². The van der Waals surface area contributed by atoms with Gasteiger partial charge < -0.3 is 20.6 Å². The van der Waals surface area contributed by atoms with Crippen LogP contribution < -0.4 is 10.6 Å². The van der Waals surface area contributed by atoms with Gasteiger partial charge in [0.05, 0.1) is 12.6 Å². The van der Waals surface area contributed by atoms with Crippen molar-refractivity contribution < 1.29 is 19.5 Å². The summed E-state index contributed by atoms with van der Waals surface area (Å²) in [6.07, 6.45) is 2.62. The van der Waals surface area contributed by atoms with E-state index in [0.717, 1.165) is 11.3 Å². The van der Waals surface area contributed by atoms with Crippen LogP contribution in [0.2, 0.25) is 0 Å². The summed E-state index contributed by atoms with van der Waals surface area (Å²) in [6.45, 7) is 1.46. The van der Waals surface area contributed by atoms with E-state index >= 15 is 0 Å². The van der Waals surface area contributed by atoms with Crippen LogP contribution in [-0.2, 0) is 9.59 Å². The highest BCUT2D eigenvalue weighted by Gasteiger charge is 2.48. The van der Waals surface area contributed by atoms with Crippen molar-refractivity contribution in [2.45, 2.75) is 36.8 Å². The summed E-state index contributed by atoms with van der Waals surface area (Å²) in [5, 5.41) is 14.7. The molecule has 7 nitrogen and oxygen atoms in total. The molecule has 0 aromatic heterocycles. The Kier molecular flexibility index (Phi) is 6.90. The molecule has 152 valence electrons. The number of aliphatic hydroxyl groups excluding tert-OH is 1. The van der Waals surface area contributed by atoms with E-state index in [2.05, 4.69) is 10.6 Å². The first kappa shape index (κ1) is 21.0. The highest BCUT2D eigenvalue weighted by atomic mass is 32.2. The number of carbonyl (C=O) groups excluding carboxylic acids is 3. The van der Waals surface area contributed by atoms with Crippen molar-refractivity contribution in [2.24, 2.45) is 0 Å². The van der Waals surface area contributed by atoms with Crippen LogP contribution in [-0.4, -0.2) is 70.2 Å². The Morgan fingerprint density at radius 1 is 1.36 bits per heavy atom. The van der Waals surface area contributed by atoms with Gasteiger partial charge in [0.1, 0.15) is 17.5 Å². The molecule has 4 atom stereocenters. The maximum atomic E-state index is 12.8. The Labute approximate surface area is 173 Å². The van der Waals surface area contributed by atoms with Gasteiger partial charge in [-0.1, -0.05) is 18.2 Å². The number of amides is 3. The Morgan fingerprint density at radius 3 is 2.82 bits per heavy atom. The summed E-state index contributed by atoms with van der Waals surface area (Å²) < 4.78 is 0. The normalized spacial score (nSPS) is 22.4. The number of nitrogens with zero attached hydrogens (tertiary/aromatic N) is 1. The molecule has 1 fully saturated rings. The number of aliphatic hydroxyl groups is 1. The summed E-state index contributed by atoms with van der Waals surface area (Å²) in [5.41, 5.74) is 1.58. The van der Waals surface area contributed by atoms with Crippen molar-refractivity contribution in [3.8, 4) is 0 Å². The van der Waals surface area contributed by atoms with Crippen molar-refractivity contribution in [3.63, 3.8) is 0 Å². The van der Waals surface area contributed by atoms with Gasteiger partial charge in [0.15, 0.2) is 0 Å². The monoisotopic (exact) mass is 423 g/mol. The number of nitrogens with one attached hydrogen (secondary N) is 2. The molecular weight excluding hydrogens is 398 g/mol. The zero-order chi connectivity index (χ0) is 20.3. The molecule has 0 radical (unpaired) electrons. The second-order valence-electron chi connectivity index (χ2n) is 6.90. The predicted octanol–water partition coefficient (Wildman–Crippen LogP) is 0.991. The lowest BCUT2D eigenvalue weighted by Gasteiger charge is -2.25. The standard InChI is InChI=1S/C19H25N3O4S2/c1-11(16(24)21-12(9-23)7-8-27-2)20-17(25)15-10-28-19-14-6-4-3-5-13(14)18(26)22(15)19/h3-6,11-12,15,19,23H,7-10H2,1-2H3,(H,20,25)(H,21,24). The minimum atomic E-state index is -0.750. The van der Waals surface area contributed by atoms with Crippen molar-refractivity contribution in [3.05, 3.63) is 35.4 Å². The minimum absolute atomic E-state index is 0.139. The van der Waals surface area contributed by atoms with Crippen LogP contribution in [0.3, 0.4) is 0 Å². The first-order valence-corrected chi connectivity index (χ1v) is 11.7. The Hall–Kier alpha value is -1.71. The Bertz CT molecular complexity index is 760.